The van der Waals surface area contributed by atoms with Crippen LogP contribution in [0, 0.1) is 0 Å². The van der Waals surface area contributed by atoms with E-state index in [2.05, 4.69) is 9.98 Å². The van der Waals surface area contributed by atoms with E-state index in [0.717, 1.165) is 11.1 Å². The van der Waals surface area contributed by atoms with Gasteiger partial charge in [0.2, 0.25) is 0 Å². The monoisotopic (exact) mass is 370 g/mol. The number of carbonyl (C=O) groups is 1. The Bertz CT molecular complexity index is 956. The van der Waals surface area contributed by atoms with Gasteiger partial charge in [-0.2, -0.15) is 0 Å². The molecule has 2 N–H and O–H groups in total. The van der Waals surface area contributed by atoms with E-state index in [9.17, 15) is 4.79 Å². The van der Waals surface area contributed by atoms with Crippen LogP contribution in [-0.2, 0) is 10.3 Å². The van der Waals surface area contributed by atoms with Crippen LogP contribution >= 0.6 is 11.6 Å². The number of likely N-dealkylation sites (N-methyl/N-ethyl adjacent to an activating group) is 1. The van der Waals surface area contributed by atoms with Crippen molar-refractivity contribution in [2.45, 2.75) is 31.4 Å². The first-order chi connectivity index (χ1) is 12.2. The van der Waals surface area contributed by atoms with Crippen LogP contribution in [0.2, 0.25) is 5.02 Å². The van der Waals surface area contributed by atoms with Crippen LogP contribution in [0.15, 0.2) is 41.7 Å². The fraction of sp³-hybridized carbons (Fsp3) is 0.316. The van der Waals surface area contributed by atoms with Crippen molar-refractivity contribution < 1.29 is 9.53 Å². The van der Waals surface area contributed by atoms with Crippen molar-refractivity contribution in [2.24, 2.45) is 10.7 Å². The summed E-state index contributed by atoms with van der Waals surface area (Å²) in [5.41, 5.74) is 6.68. The fourth-order valence-electron chi connectivity index (χ4n) is 3.74. The lowest BCUT2D eigenvalue weighted by Crippen LogP contribution is -2.49. The number of fused-ring (bicyclic) bond motifs is 2. The Balaban J connectivity index is 1.95. The largest absolute Gasteiger partial charge is 0.487 e. The number of aromatic nitrogens is 1. The Morgan fingerprint density at radius 1 is 1.31 bits per heavy atom. The number of benzene rings is 1. The van der Waals surface area contributed by atoms with Gasteiger partial charge in [0, 0.05) is 37.0 Å². The van der Waals surface area contributed by atoms with Crippen molar-refractivity contribution in [2.75, 3.05) is 7.05 Å². The smallest absolute Gasteiger partial charge is 0.261 e. The Hall–Kier alpha value is -2.60. The van der Waals surface area contributed by atoms with E-state index in [0.29, 0.717) is 22.8 Å². The average Bonchev–Trinajstić information content (AvgIpc) is 2.79. The maximum Gasteiger partial charge on any atom is 0.261 e. The van der Waals surface area contributed by atoms with E-state index in [1.165, 1.54) is 4.90 Å². The molecule has 1 atom stereocenters. The summed E-state index contributed by atoms with van der Waals surface area (Å²) in [5.74, 6) is 0.690. The molecule has 2 aliphatic rings. The topological polar surface area (TPSA) is 80.8 Å². The quantitative estimate of drug-likeness (QED) is 0.836. The number of carbonyl (C=O) groups excluding carboxylic acids is 1. The highest BCUT2D eigenvalue weighted by molar-refractivity contribution is 6.33. The molecule has 2 aliphatic heterocycles. The van der Waals surface area contributed by atoms with Crippen LogP contribution in [0.5, 0.6) is 5.75 Å². The summed E-state index contributed by atoms with van der Waals surface area (Å²) in [4.78, 5) is 23.2. The van der Waals surface area contributed by atoms with Crippen LogP contribution in [0.1, 0.15) is 25.8 Å². The van der Waals surface area contributed by atoms with Crippen LogP contribution in [0.4, 0.5) is 0 Å². The van der Waals surface area contributed by atoms with Crippen molar-refractivity contribution in [3.63, 3.8) is 0 Å². The lowest BCUT2D eigenvalue weighted by atomic mass is 9.77. The molecule has 1 unspecified atom stereocenters. The third-order valence-corrected chi connectivity index (χ3v) is 5.21. The number of aliphatic imine (C=N–C) groups is 1. The predicted octanol–water partition coefficient (Wildman–Crippen LogP) is 2.95. The number of hydrogen-bond donors (Lipinski definition) is 1. The highest BCUT2D eigenvalue weighted by Gasteiger charge is 2.55. The molecule has 7 heteroatoms. The second-order valence-corrected chi connectivity index (χ2v) is 7.71. The van der Waals surface area contributed by atoms with E-state index in [4.69, 9.17) is 22.1 Å². The second-order valence-electron chi connectivity index (χ2n) is 7.30. The van der Waals surface area contributed by atoms with Crippen molar-refractivity contribution >= 4 is 23.5 Å². The lowest BCUT2D eigenvalue weighted by Gasteiger charge is -2.41. The maximum absolute atomic E-state index is 13.1. The van der Waals surface area contributed by atoms with Gasteiger partial charge in [0.15, 0.2) is 11.5 Å². The molecule has 1 spiro atoms. The minimum atomic E-state index is -1.08. The van der Waals surface area contributed by atoms with Crippen molar-refractivity contribution in [1.29, 1.82) is 0 Å². The summed E-state index contributed by atoms with van der Waals surface area (Å²) >= 11 is 6.32. The lowest BCUT2D eigenvalue weighted by molar-refractivity contribution is -0.133. The van der Waals surface area contributed by atoms with Crippen molar-refractivity contribution in [1.82, 2.24) is 9.88 Å². The number of nitrogens with two attached hydrogens (primary N) is 1. The number of pyridine rings is 1. The Kier molecular flexibility index (Phi) is 3.53. The molecule has 134 valence electrons. The molecule has 0 aliphatic carbocycles. The van der Waals surface area contributed by atoms with Gasteiger partial charge in [0.25, 0.3) is 5.91 Å². The van der Waals surface area contributed by atoms with Gasteiger partial charge in [-0.15, -0.1) is 0 Å². The summed E-state index contributed by atoms with van der Waals surface area (Å²) in [7, 11) is 1.64. The Morgan fingerprint density at radius 2 is 2.08 bits per heavy atom. The fourth-order valence-corrected chi connectivity index (χ4v) is 3.95. The first-order valence-electron chi connectivity index (χ1n) is 8.30. The number of nitrogens with zero attached hydrogens (tertiary/aromatic N) is 3. The molecule has 3 heterocycles. The third-order valence-electron chi connectivity index (χ3n) is 4.88. The summed E-state index contributed by atoms with van der Waals surface area (Å²) in [6, 6.07) is 7.40. The van der Waals surface area contributed by atoms with Crippen LogP contribution < -0.4 is 10.5 Å². The van der Waals surface area contributed by atoms with Gasteiger partial charge in [-0.25, -0.2) is 4.99 Å². The Labute approximate surface area is 156 Å². The molecular weight excluding hydrogens is 352 g/mol. The minimum Gasteiger partial charge on any atom is -0.487 e. The number of rotatable bonds is 1. The van der Waals surface area contributed by atoms with Gasteiger partial charge in [-0.3, -0.25) is 14.7 Å². The molecule has 0 saturated carbocycles. The summed E-state index contributed by atoms with van der Waals surface area (Å²) < 4.78 is 6.12. The first-order valence-corrected chi connectivity index (χ1v) is 8.68. The average molecular weight is 371 g/mol. The van der Waals surface area contributed by atoms with Crippen molar-refractivity contribution in [3.8, 4) is 16.9 Å². The standard InChI is InChI=1S/C19H19ClN4O2/c1-18(2)10-19(16(25)24(3)17(21)23-19)13-8-11(4-5-15(13)26-18)12-9-22-7-6-14(12)20/h4-9H,10H2,1-3H3,(H2,21,23). The van der Waals surface area contributed by atoms with Gasteiger partial charge in [-0.1, -0.05) is 17.7 Å². The van der Waals surface area contributed by atoms with Crippen LogP contribution in [0.3, 0.4) is 0 Å². The van der Waals surface area contributed by atoms with Gasteiger partial charge < -0.3 is 10.5 Å². The number of hydrogen-bond acceptors (Lipinski definition) is 5. The molecule has 1 amide bonds. The molecule has 0 bridgehead atoms. The zero-order valence-electron chi connectivity index (χ0n) is 14.8. The number of ether oxygens (including phenoxy) is 1. The molecule has 6 nitrogen and oxygen atoms in total. The first kappa shape index (κ1) is 16.8. The number of guanidine groups is 1. The van der Waals surface area contributed by atoms with Gasteiger partial charge in [-0.05, 0) is 37.6 Å². The molecule has 0 radical (unpaired) electrons. The maximum atomic E-state index is 13.1. The summed E-state index contributed by atoms with van der Waals surface area (Å²) in [5, 5.41) is 0.587. The summed E-state index contributed by atoms with van der Waals surface area (Å²) in [6.45, 7) is 3.89. The Morgan fingerprint density at radius 3 is 2.73 bits per heavy atom. The highest BCUT2D eigenvalue weighted by atomic mass is 35.5. The zero-order valence-corrected chi connectivity index (χ0v) is 15.5. The van der Waals surface area contributed by atoms with E-state index in [1.807, 2.05) is 32.0 Å². The minimum absolute atomic E-state index is 0.151. The number of amides is 1. The van der Waals surface area contributed by atoms with E-state index in [-0.39, 0.29) is 11.9 Å². The van der Waals surface area contributed by atoms with Gasteiger partial charge >= 0.3 is 0 Å². The molecule has 0 fully saturated rings. The zero-order chi connectivity index (χ0) is 18.7. The normalized spacial score (nSPS) is 23.6. The molecule has 1 aromatic heterocycles. The van der Waals surface area contributed by atoms with Gasteiger partial charge in [0.1, 0.15) is 11.4 Å². The molecular formula is C19H19ClN4O2. The highest BCUT2D eigenvalue weighted by Crippen LogP contribution is 2.50. The molecule has 4 rings (SSSR count). The molecule has 26 heavy (non-hydrogen) atoms. The van der Waals surface area contributed by atoms with Crippen LogP contribution in [-0.4, -0.2) is 34.4 Å². The van der Waals surface area contributed by atoms with Crippen molar-refractivity contribution in [3.05, 3.63) is 47.2 Å². The second kappa shape index (κ2) is 5.45. The van der Waals surface area contributed by atoms with Gasteiger partial charge in [0.05, 0.1) is 5.02 Å². The third kappa shape index (κ3) is 2.36. The predicted molar refractivity (Wildman–Crippen MR) is 100 cm³/mol. The molecule has 2 aromatic rings. The summed E-state index contributed by atoms with van der Waals surface area (Å²) in [6.07, 6.45) is 3.74. The van der Waals surface area contributed by atoms with E-state index >= 15 is 0 Å². The molecule has 1 aromatic carbocycles. The van der Waals surface area contributed by atoms with E-state index < -0.39 is 11.1 Å². The van der Waals surface area contributed by atoms with E-state index in [1.54, 1.807) is 25.5 Å². The number of halogens is 1. The SMILES string of the molecule is CN1C(=O)C2(CC(C)(C)Oc3ccc(-c4cnccc4Cl)cc32)N=C1N. The van der Waals surface area contributed by atoms with Crippen LogP contribution in [0.25, 0.3) is 11.1 Å². The molecule has 0 saturated heterocycles.